The number of esters is 1. The largest absolute Gasteiger partial charge is 0.468 e. The first kappa shape index (κ1) is 12.5. The number of carbonyl (C=O) groups is 1. The van der Waals surface area contributed by atoms with Gasteiger partial charge in [0.1, 0.15) is 5.54 Å². The monoisotopic (exact) mass is 214 g/mol. The molecule has 1 aliphatic rings. The molecule has 15 heavy (non-hydrogen) atoms. The zero-order valence-electron chi connectivity index (χ0n) is 10.2. The van der Waals surface area contributed by atoms with Crippen LogP contribution in [0, 0.1) is 0 Å². The van der Waals surface area contributed by atoms with E-state index in [0.717, 1.165) is 13.0 Å². The maximum absolute atomic E-state index is 11.7. The minimum Gasteiger partial charge on any atom is -0.468 e. The van der Waals surface area contributed by atoms with Crippen LogP contribution in [0.3, 0.4) is 0 Å². The standard InChI is InChI=1S/C11H22N2O2/c1-11(10(14)15-4,7-8-13(2)3)12-9-5-6-9/h9,12H,5-8H2,1-4H3. The van der Waals surface area contributed by atoms with Crippen molar-refractivity contribution < 1.29 is 9.53 Å². The van der Waals surface area contributed by atoms with Crippen molar-refractivity contribution in [2.24, 2.45) is 0 Å². The molecule has 4 heteroatoms. The second-order valence-electron chi connectivity index (χ2n) is 4.80. The molecule has 0 aromatic carbocycles. The lowest BCUT2D eigenvalue weighted by atomic mass is 9.97. The lowest BCUT2D eigenvalue weighted by molar-refractivity contribution is -0.148. The number of nitrogens with zero attached hydrogens (tertiary/aromatic N) is 1. The Kier molecular flexibility index (Phi) is 4.11. The number of methoxy groups -OCH3 is 1. The number of carbonyl (C=O) groups excluding carboxylic acids is 1. The Morgan fingerprint density at radius 2 is 2.13 bits per heavy atom. The summed E-state index contributed by atoms with van der Waals surface area (Å²) in [4.78, 5) is 13.8. The molecule has 1 atom stereocenters. The molecule has 0 aliphatic heterocycles. The molecule has 4 nitrogen and oxygen atoms in total. The number of rotatable bonds is 6. The van der Waals surface area contributed by atoms with Gasteiger partial charge in [0.2, 0.25) is 0 Å². The highest BCUT2D eigenvalue weighted by molar-refractivity contribution is 5.80. The van der Waals surface area contributed by atoms with E-state index in [4.69, 9.17) is 4.74 Å². The Morgan fingerprint density at radius 1 is 1.53 bits per heavy atom. The summed E-state index contributed by atoms with van der Waals surface area (Å²) in [5.41, 5.74) is -0.528. The zero-order chi connectivity index (χ0) is 11.5. The van der Waals surface area contributed by atoms with E-state index in [2.05, 4.69) is 10.2 Å². The van der Waals surface area contributed by atoms with Gasteiger partial charge in [-0.1, -0.05) is 0 Å². The van der Waals surface area contributed by atoms with Gasteiger partial charge in [-0.3, -0.25) is 10.1 Å². The van der Waals surface area contributed by atoms with Gasteiger partial charge in [-0.2, -0.15) is 0 Å². The van der Waals surface area contributed by atoms with Crippen molar-refractivity contribution in [3.8, 4) is 0 Å². The molecule has 0 amide bonds. The number of ether oxygens (including phenoxy) is 1. The van der Waals surface area contributed by atoms with Crippen LogP contribution in [-0.4, -0.2) is 50.2 Å². The molecule has 0 saturated heterocycles. The summed E-state index contributed by atoms with van der Waals surface area (Å²) in [6.07, 6.45) is 3.13. The molecule has 0 radical (unpaired) electrons. The summed E-state index contributed by atoms with van der Waals surface area (Å²) in [6, 6.07) is 0.510. The van der Waals surface area contributed by atoms with Crippen LogP contribution in [0.15, 0.2) is 0 Å². The van der Waals surface area contributed by atoms with Crippen molar-refractivity contribution in [3.63, 3.8) is 0 Å². The average Bonchev–Trinajstić information content (AvgIpc) is 2.97. The van der Waals surface area contributed by atoms with Crippen LogP contribution in [-0.2, 0) is 9.53 Å². The minimum absolute atomic E-state index is 0.156. The fourth-order valence-electron chi connectivity index (χ4n) is 1.58. The molecule has 1 unspecified atom stereocenters. The molecule has 0 spiro atoms. The van der Waals surface area contributed by atoms with E-state index in [1.54, 1.807) is 0 Å². The second-order valence-corrected chi connectivity index (χ2v) is 4.80. The normalized spacial score (nSPS) is 20.1. The van der Waals surface area contributed by atoms with Gasteiger partial charge in [0.05, 0.1) is 7.11 Å². The SMILES string of the molecule is COC(=O)C(C)(CCN(C)C)NC1CC1. The highest BCUT2D eigenvalue weighted by Gasteiger charge is 2.38. The van der Waals surface area contributed by atoms with Gasteiger partial charge in [-0.05, 0) is 46.8 Å². The van der Waals surface area contributed by atoms with Crippen molar-refractivity contribution in [2.45, 2.75) is 37.8 Å². The summed E-state index contributed by atoms with van der Waals surface area (Å²) < 4.78 is 4.86. The molecule has 0 bridgehead atoms. The molecular formula is C11H22N2O2. The number of nitrogens with one attached hydrogen (secondary N) is 1. The van der Waals surface area contributed by atoms with Crippen molar-refractivity contribution in [1.29, 1.82) is 0 Å². The Bertz CT molecular complexity index is 227. The Balaban J connectivity index is 2.52. The molecule has 1 saturated carbocycles. The second kappa shape index (κ2) is 4.94. The lowest BCUT2D eigenvalue weighted by Gasteiger charge is -2.29. The highest BCUT2D eigenvalue weighted by Crippen LogP contribution is 2.24. The quantitative estimate of drug-likeness (QED) is 0.658. The Hall–Kier alpha value is -0.610. The zero-order valence-corrected chi connectivity index (χ0v) is 10.2. The third-order valence-corrected chi connectivity index (χ3v) is 2.79. The molecule has 1 fully saturated rings. The van der Waals surface area contributed by atoms with Crippen molar-refractivity contribution in [3.05, 3.63) is 0 Å². The third-order valence-electron chi connectivity index (χ3n) is 2.79. The van der Waals surface area contributed by atoms with Crippen molar-refractivity contribution in [2.75, 3.05) is 27.7 Å². The summed E-state index contributed by atoms with van der Waals surface area (Å²) in [5.74, 6) is -0.156. The molecule has 0 aromatic heterocycles. The number of hydrogen-bond acceptors (Lipinski definition) is 4. The average molecular weight is 214 g/mol. The van der Waals surface area contributed by atoms with E-state index in [1.165, 1.54) is 20.0 Å². The summed E-state index contributed by atoms with van der Waals surface area (Å²) in [6.45, 7) is 2.81. The first-order chi connectivity index (χ1) is 6.98. The smallest absolute Gasteiger partial charge is 0.325 e. The predicted molar refractivity (Wildman–Crippen MR) is 59.7 cm³/mol. The lowest BCUT2D eigenvalue weighted by Crippen LogP contribution is -2.52. The van der Waals surface area contributed by atoms with E-state index in [1.807, 2.05) is 21.0 Å². The van der Waals surface area contributed by atoms with Crippen LogP contribution < -0.4 is 5.32 Å². The number of hydrogen-bond donors (Lipinski definition) is 1. The van der Waals surface area contributed by atoms with E-state index >= 15 is 0 Å². The summed E-state index contributed by atoms with van der Waals surface area (Å²) in [7, 11) is 5.47. The molecule has 1 aliphatic carbocycles. The highest BCUT2D eigenvalue weighted by atomic mass is 16.5. The van der Waals surface area contributed by atoms with Crippen LogP contribution in [0.2, 0.25) is 0 Å². The van der Waals surface area contributed by atoms with Gasteiger partial charge in [0.25, 0.3) is 0 Å². The van der Waals surface area contributed by atoms with Crippen LogP contribution in [0.25, 0.3) is 0 Å². The van der Waals surface area contributed by atoms with E-state index in [-0.39, 0.29) is 5.97 Å². The van der Waals surface area contributed by atoms with Gasteiger partial charge in [-0.25, -0.2) is 0 Å². The topological polar surface area (TPSA) is 41.6 Å². The van der Waals surface area contributed by atoms with Gasteiger partial charge in [-0.15, -0.1) is 0 Å². The minimum atomic E-state index is -0.528. The fourth-order valence-corrected chi connectivity index (χ4v) is 1.58. The van der Waals surface area contributed by atoms with Crippen molar-refractivity contribution >= 4 is 5.97 Å². The van der Waals surface area contributed by atoms with Gasteiger partial charge in [0, 0.05) is 6.04 Å². The summed E-state index contributed by atoms with van der Waals surface area (Å²) >= 11 is 0. The van der Waals surface area contributed by atoms with E-state index in [0.29, 0.717) is 6.04 Å². The maximum Gasteiger partial charge on any atom is 0.325 e. The summed E-state index contributed by atoms with van der Waals surface area (Å²) in [5, 5.41) is 3.37. The molecule has 0 heterocycles. The van der Waals surface area contributed by atoms with E-state index in [9.17, 15) is 4.79 Å². The fraction of sp³-hybridized carbons (Fsp3) is 0.909. The van der Waals surface area contributed by atoms with Gasteiger partial charge in [0.15, 0.2) is 0 Å². The predicted octanol–water partition coefficient (Wildman–Crippen LogP) is 0.622. The first-order valence-corrected chi connectivity index (χ1v) is 5.49. The Morgan fingerprint density at radius 3 is 2.53 bits per heavy atom. The van der Waals surface area contributed by atoms with Crippen LogP contribution in [0.1, 0.15) is 26.2 Å². The molecule has 1 rings (SSSR count). The Labute approximate surface area is 92.0 Å². The first-order valence-electron chi connectivity index (χ1n) is 5.49. The van der Waals surface area contributed by atoms with Crippen LogP contribution in [0.5, 0.6) is 0 Å². The van der Waals surface area contributed by atoms with Crippen LogP contribution >= 0.6 is 0 Å². The van der Waals surface area contributed by atoms with Crippen LogP contribution in [0.4, 0.5) is 0 Å². The molecule has 1 N–H and O–H groups in total. The van der Waals surface area contributed by atoms with Gasteiger partial charge < -0.3 is 9.64 Å². The molecule has 88 valence electrons. The maximum atomic E-state index is 11.7. The van der Waals surface area contributed by atoms with Gasteiger partial charge >= 0.3 is 5.97 Å². The van der Waals surface area contributed by atoms with Crippen molar-refractivity contribution in [1.82, 2.24) is 10.2 Å². The third kappa shape index (κ3) is 3.80. The molecular weight excluding hydrogens is 192 g/mol. The molecule has 0 aromatic rings. The van der Waals surface area contributed by atoms with E-state index < -0.39 is 5.54 Å².